The van der Waals surface area contributed by atoms with E-state index in [-0.39, 0.29) is 23.7 Å². The van der Waals surface area contributed by atoms with Crippen LogP contribution in [0.4, 0.5) is 0 Å². The lowest BCUT2D eigenvalue weighted by molar-refractivity contribution is 0.0471. The number of para-hydroxylation sites is 1. The van der Waals surface area contributed by atoms with Gasteiger partial charge in [0.05, 0.1) is 21.3 Å². The first-order chi connectivity index (χ1) is 14.0. The molecule has 0 saturated carbocycles. The molecular weight excluding hydrogens is 374 g/mol. The molecule has 152 valence electrons. The maximum atomic E-state index is 12.7. The standard InChI is InChI=1S/C22H23NO6/c1-5-13-7-6-8-14-16(11-23-21(13)14)17(24)12-29-22(25)15-9-19(27-3)20(28-4)10-18(15)26-2/h6-11,23H,5,12H2,1-4H3. The molecule has 3 rings (SSSR count). The molecule has 0 aliphatic carbocycles. The Balaban J connectivity index is 1.80. The number of hydrogen-bond acceptors (Lipinski definition) is 6. The fraction of sp³-hybridized carbons (Fsp3) is 0.273. The van der Waals surface area contributed by atoms with Crippen LogP contribution in [0.25, 0.3) is 10.9 Å². The number of nitrogens with one attached hydrogen (secondary N) is 1. The number of fused-ring (bicyclic) bond motifs is 1. The molecule has 29 heavy (non-hydrogen) atoms. The Labute approximate surface area is 168 Å². The van der Waals surface area contributed by atoms with E-state index in [4.69, 9.17) is 18.9 Å². The average Bonchev–Trinajstić information content (AvgIpc) is 3.20. The molecule has 0 atom stereocenters. The van der Waals surface area contributed by atoms with Gasteiger partial charge in [-0.25, -0.2) is 4.79 Å². The average molecular weight is 397 g/mol. The largest absolute Gasteiger partial charge is 0.496 e. The van der Waals surface area contributed by atoms with Gasteiger partial charge in [-0.15, -0.1) is 0 Å². The van der Waals surface area contributed by atoms with E-state index in [1.165, 1.54) is 33.5 Å². The van der Waals surface area contributed by atoms with E-state index >= 15 is 0 Å². The number of hydrogen-bond donors (Lipinski definition) is 1. The van der Waals surface area contributed by atoms with Crippen LogP contribution in [-0.4, -0.2) is 44.7 Å². The van der Waals surface area contributed by atoms with Crippen LogP contribution in [0.15, 0.2) is 36.5 Å². The lowest BCUT2D eigenvalue weighted by Gasteiger charge is -2.13. The lowest BCUT2D eigenvalue weighted by atomic mass is 10.1. The molecule has 0 radical (unpaired) electrons. The molecule has 0 aliphatic rings. The number of carbonyl (C=O) groups excluding carboxylic acids is 2. The van der Waals surface area contributed by atoms with Crippen molar-refractivity contribution in [1.29, 1.82) is 0 Å². The van der Waals surface area contributed by atoms with E-state index in [0.29, 0.717) is 17.1 Å². The van der Waals surface area contributed by atoms with Crippen molar-refractivity contribution >= 4 is 22.7 Å². The Kier molecular flexibility index (Phi) is 6.07. The van der Waals surface area contributed by atoms with E-state index in [9.17, 15) is 9.59 Å². The third-order valence-corrected chi connectivity index (χ3v) is 4.74. The van der Waals surface area contributed by atoms with Crippen molar-refractivity contribution in [2.75, 3.05) is 27.9 Å². The minimum Gasteiger partial charge on any atom is -0.496 e. The molecule has 0 aliphatic heterocycles. The third-order valence-electron chi connectivity index (χ3n) is 4.74. The van der Waals surface area contributed by atoms with Crippen LogP contribution in [-0.2, 0) is 11.2 Å². The van der Waals surface area contributed by atoms with Crippen molar-refractivity contribution in [2.24, 2.45) is 0 Å². The summed E-state index contributed by atoms with van der Waals surface area (Å²) in [6, 6.07) is 8.78. The van der Waals surface area contributed by atoms with Gasteiger partial charge in [-0.05, 0) is 12.0 Å². The Bertz CT molecular complexity index is 1050. The molecule has 0 spiro atoms. The van der Waals surface area contributed by atoms with Crippen LogP contribution in [0.2, 0.25) is 0 Å². The Morgan fingerprint density at radius 1 is 0.931 bits per heavy atom. The summed E-state index contributed by atoms with van der Waals surface area (Å²) in [6.07, 6.45) is 2.50. The van der Waals surface area contributed by atoms with Gasteiger partial charge in [0.1, 0.15) is 11.3 Å². The van der Waals surface area contributed by atoms with E-state index in [0.717, 1.165) is 22.9 Å². The first kappa shape index (κ1) is 20.3. The van der Waals surface area contributed by atoms with Crippen LogP contribution in [0.1, 0.15) is 33.2 Å². The summed E-state index contributed by atoms with van der Waals surface area (Å²) in [6.45, 7) is 1.66. The van der Waals surface area contributed by atoms with Gasteiger partial charge in [0, 0.05) is 34.8 Å². The molecule has 0 bridgehead atoms. The number of aryl methyl sites for hydroxylation is 1. The number of methoxy groups -OCH3 is 3. The van der Waals surface area contributed by atoms with Crippen molar-refractivity contribution in [1.82, 2.24) is 4.98 Å². The highest BCUT2D eigenvalue weighted by molar-refractivity contribution is 6.09. The van der Waals surface area contributed by atoms with Crippen molar-refractivity contribution in [3.8, 4) is 17.2 Å². The van der Waals surface area contributed by atoms with Gasteiger partial charge in [-0.2, -0.15) is 0 Å². The normalized spacial score (nSPS) is 10.6. The Morgan fingerprint density at radius 3 is 2.28 bits per heavy atom. The quantitative estimate of drug-likeness (QED) is 0.460. The topological polar surface area (TPSA) is 86.9 Å². The van der Waals surface area contributed by atoms with E-state index < -0.39 is 5.97 Å². The van der Waals surface area contributed by atoms with Gasteiger partial charge in [0.25, 0.3) is 0 Å². The molecule has 0 fully saturated rings. The minimum atomic E-state index is -0.690. The number of carbonyl (C=O) groups is 2. The highest BCUT2D eigenvalue weighted by atomic mass is 16.5. The SMILES string of the molecule is CCc1cccc2c(C(=O)COC(=O)c3cc(OC)c(OC)cc3OC)c[nH]c12. The van der Waals surface area contributed by atoms with Gasteiger partial charge in [0.15, 0.2) is 18.1 Å². The van der Waals surface area contributed by atoms with Crippen molar-refractivity contribution in [2.45, 2.75) is 13.3 Å². The summed E-state index contributed by atoms with van der Waals surface area (Å²) in [5, 5.41) is 0.814. The third kappa shape index (κ3) is 3.89. The summed E-state index contributed by atoms with van der Waals surface area (Å²) in [5.74, 6) is 0.0557. The predicted molar refractivity (Wildman–Crippen MR) is 108 cm³/mol. The molecule has 7 nitrogen and oxygen atoms in total. The Morgan fingerprint density at radius 2 is 1.62 bits per heavy atom. The van der Waals surface area contributed by atoms with Gasteiger partial charge < -0.3 is 23.9 Å². The van der Waals surface area contributed by atoms with Crippen LogP contribution in [0.5, 0.6) is 17.2 Å². The number of benzene rings is 2. The molecule has 0 unspecified atom stereocenters. The lowest BCUT2D eigenvalue weighted by Crippen LogP contribution is -2.15. The van der Waals surface area contributed by atoms with E-state index in [2.05, 4.69) is 11.9 Å². The molecule has 1 heterocycles. The molecule has 1 aromatic heterocycles. The second kappa shape index (κ2) is 8.68. The number of ether oxygens (including phenoxy) is 4. The van der Waals surface area contributed by atoms with Gasteiger partial charge in [-0.3, -0.25) is 4.79 Å². The van der Waals surface area contributed by atoms with Crippen LogP contribution < -0.4 is 14.2 Å². The predicted octanol–water partition coefficient (Wildman–Crippen LogP) is 3.80. The highest BCUT2D eigenvalue weighted by Crippen LogP contribution is 2.35. The zero-order chi connectivity index (χ0) is 21.0. The smallest absolute Gasteiger partial charge is 0.342 e. The molecule has 3 aromatic rings. The summed E-state index contributed by atoms with van der Waals surface area (Å²) in [7, 11) is 4.38. The summed E-state index contributed by atoms with van der Waals surface area (Å²) < 4.78 is 20.9. The fourth-order valence-corrected chi connectivity index (χ4v) is 3.22. The second-order valence-corrected chi connectivity index (χ2v) is 6.30. The van der Waals surface area contributed by atoms with Crippen molar-refractivity contribution in [3.05, 3.63) is 53.2 Å². The monoisotopic (exact) mass is 397 g/mol. The van der Waals surface area contributed by atoms with E-state index in [1.807, 2.05) is 18.2 Å². The molecule has 0 saturated heterocycles. The van der Waals surface area contributed by atoms with Crippen LogP contribution in [0, 0.1) is 0 Å². The highest BCUT2D eigenvalue weighted by Gasteiger charge is 2.21. The molecule has 1 N–H and O–H groups in total. The molecule has 7 heteroatoms. The summed E-state index contributed by atoms with van der Waals surface area (Å²) >= 11 is 0. The summed E-state index contributed by atoms with van der Waals surface area (Å²) in [5.41, 5.74) is 2.67. The maximum absolute atomic E-state index is 12.7. The number of esters is 1. The van der Waals surface area contributed by atoms with Crippen LogP contribution >= 0.6 is 0 Å². The number of Topliss-reactive ketones (excluding diaryl/α,β-unsaturated/α-hetero) is 1. The molecular formula is C22H23NO6. The molecule has 2 aromatic carbocycles. The number of H-pyrrole nitrogens is 1. The zero-order valence-corrected chi connectivity index (χ0v) is 16.8. The zero-order valence-electron chi connectivity index (χ0n) is 16.8. The van der Waals surface area contributed by atoms with Gasteiger partial charge >= 0.3 is 5.97 Å². The van der Waals surface area contributed by atoms with Gasteiger partial charge in [0.2, 0.25) is 5.78 Å². The van der Waals surface area contributed by atoms with E-state index in [1.54, 1.807) is 6.20 Å². The van der Waals surface area contributed by atoms with Crippen LogP contribution in [0.3, 0.4) is 0 Å². The second-order valence-electron chi connectivity index (χ2n) is 6.30. The number of rotatable bonds is 8. The fourth-order valence-electron chi connectivity index (χ4n) is 3.22. The minimum absolute atomic E-state index is 0.144. The Hall–Kier alpha value is -3.48. The number of aromatic amines is 1. The summed E-state index contributed by atoms with van der Waals surface area (Å²) in [4.78, 5) is 28.4. The van der Waals surface area contributed by atoms with Crippen molar-refractivity contribution < 1.29 is 28.5 Å². The first-order valence-electron chi connectivity index (χ1n) is 9.13. The maximum Gasteiger partial charge on any atom is 0.342 e. The van der Waals surface area contributed by atoms with Crippen molar-refractivity contribution in [3.63, 3.8) is 0 Å². The first-order valence-corrected chi connectivity index (χ1v) is 9.13. The number of aromatic nitrogens is 1. The number of ketones is 1. The molecule has 0 amide bonds. The van der Waals surface area contributed by atoms with Gasteiger partial charge in [-0.1, -0.05) is 25.1 Å².